The summed E-state index contributed by atoms with van der Waals surface area (Å²) >= 11 is 0. The van der Waals surface area contributed by atoms with Gasteiger partial charge in [0, 0.05) is 5.69 Å². The van der Waals surface area contributed by atoms with Crippen molar-refractivity contribution in [2.24, 2.45) is 0 Å². The number of hydrogen-bond acceptors (Lipinski definition) is 1. The molecular weight excluding hydrogens is 296 g/mol. The predicted octanol–water partition coefficient (Wildman–Crippen LogP) is 5.15. The second-order valence-electron chi connectivity index (χ2n) is 6.66. The SMILES string of the molecule is CCC(NC(=O)Nc1cccc(C)c1)c1ccc2c(c1)CCCC2. The van der Waals surface area contributed by atoms with Gasteiger partial charge in [0.15, 0.2) is 0 Å². The first-order chi connectivity index (χ1) is 11.7. The maximum Gasteiger partial charge on any atom is 0.319 e. The lowest BCUT2D eigenvalue weighted by Crippen LogP contribution is -2.32. The molecule has 1 aliphatic carbocycles. The second-order valence-corrected chi connectivity index (χ2v) is 6.66. The average Bonchev–Trinajstić information content (AvgIpc) is 2.59. The summed E-state index contributed by atoms with van der Waals surface area (Å²) in [7, 11) is 0. The first-order valence-corrected chi connectivity index (χ1v) is 8.91. The standard InChI is InChI=1S/C21H26N2O/c1-3-20(18-12-11-16-8-4-5-9-17(16)14-18)23-21(24)22-19-10-6-7-15(2)13-19/h6-7,10-14,20H,3-5,8-9H2,1-2H3,(H2,22,23,24). The number of benzene rings is 2. The van der Waals surface area contributed by atoms with E-state index < -0.39 is 0 Å². The van der Waals surface area contributed by atoms with E-state index in [4.69, 9.17) is 0 Å². The van der Waals surface area contributed by atoms with Crippen molar-refractivity contribution in [2.45, 2.75) is 52.0 Å². The van der Waals surface area contributed by atoms with E-state index in [1.165, 1.54) is 36.0 Å². The third kappa shape index (κ3) is 3.97. The summed E-state index contributed by atoms with van der Waals surface area (Å²) in [4.78, 5) is 12.3. The van der Waals surface area contributed by atoms with Crippen LogP contribution in [0.1, 0.15) is 54.5 Å². The van der Waals surface area contributed by atoms with Crippen molar-refractivity contribution in [1.82, 2.24) is 5.32 Å². The van der Waals surface area contributed by atoms with Crippen LogP contribution in [0.5, 0.6) is 0 Å². The number of anilines is 1. The molecule has 3 heteroatoms. The lowest BCUT2D eigenvalue weighted by molar-refractivity contribution is 0.248. The topological polar surface area (TPSA) is 41.1 Å². The molecule has 2 aromatic rings. The minimum atomic E-state index is -0.148. The Morgan fingerprint density at radius 3 is 2.62 bits per heavy atom. The third-order valence-corrected chi connectivity index (χ3v) is 4.76. The van der Waals surface area contributed by atoms with Crippen LogP contribution >= 0.6 is 0 Å². The minimum absolute atomic E-state index is 0.0436. The van der Waals surface area contributed by atoms with Gasteiger partial charge < -0.3 is 10.6 Å². The monoisotopic (exact) mass is 322 g/mol. The van der Waals surface area contributed by atoms with E-state index in [0.29, 0.717) is 0 Å². The second kappa shape index (κ2) is 7.52. The molecule has 1 unspecified atom stereocenters. The van der Waals surface area contributed by atoms with Crippen molar-refractivity contribution in [2.75, 3.05) is 5.32 Å². The Morgan fingerprint density at radius 1 is 1.08 bits per heavy atom. The number of urea groups is 1. The van der Waals surface area contributed by atoms with Crippen LogP contribution in [0.15, 0.2) is 42.5 Å². The van der Waals surface area contributed by atoms with Crippen LogP contribution in [0.3, 0.4) is 0 Å². The third-order valence-electron chi connectivity index (χ3n) is 4.76. The molecule has 0 heterocycles. The molecular formula is C21H26N2O. The van der Waals surface area contributed by atoms with Gasteiger partial charge >= 0.3 is 6.03 Å². The molecule has 1 atom stereocenters. The Bertz CT molecular complexity index is 724. The van der Waals surface area contributed by atoms with E-state index in [1.807, 2.05) is 31.2 Å². The molecule has 0 saturated heterocycles. The highest BCUT2D eigenvalue weighted by Crippen LogP contribution is 2.26. The first-order valence-electron chi connectivity index (χ1n) is 8.91. The Morgan fingerprint density at radius 2 is 1.88 bits per heavy atom. The zero-order valence-corrected chi connectivity index (χ0v) is 14.6. The van der Waals surface area contributed by atoms with Gasteiger partial charge in [0.05, 0.1) is 6.04 Å². The van der Waals surface area contributed by atoms with Gasteiger partial charge in [-0.05, 0) is 73.4 Å². The summed E-state index contributed by atoms with van der Waals surface area (Å²) < 4.78 is 0. The summed E-state index contributed by atoms with van der Waals surface area (Å²) in [6.07, 6.45) is 5.79. The van der Waals surface area contributed by atoms with E-state index in [0.717, 1.165) is 24.1 Å². The number of amides is 2. The highest BCUT2D eigenvalue weighted by molar-refractivity contribution is 5.89. The molecule has 0 spiro atoms. The fraction of sp³-hybridized carbons (Fsp3) is 0.381. The quantitative estimate of drug-likeness (QED) is 0.803. The largest absolute Gasteiger partial charge is 0.331 e. The molecule has 24 heavy (non-hydrogen) atoms. The van der Waals surface area contributed by atoms with Gasteiger partial charge in [0.25, 0.3) is 0 Å². The van der Waals surface area contributed by atoms with Gasteiger partial charge in [-0.15, -0.1) is 0 Å². The molecule has 2 aromatic carbocycles. The fourth-order valence-corrected chi connectivity index (χ4v) is 3.44. The van der Waals surface area contributed by atoms with Crippen LogP contribution in [0.4, 0.5) is 10.5 Å². The molecule has 3 nitrogen and oxygen atoms in total. The van der Waals surface area contributed by atoms with Crippen LogP contribution in [-0.4, -0.2) is 6.03 Å². The number of hydrogen-bond donors (Lipinski definition) is 2. The molecule has 1 aliphatic rings. The van der Waals surface area contributed by atoms with E-state index in [-0.39, 0.29) is 12.1 Å². The van der Waals surface area contributed by atoms with Gasteiger partial charge in [-0.25, -0.2) is 4.79 Å². The van der Waals surface area contributed by atoms with E-state index >= 15 is 0 Å². The Labute approximate surface area is 144 Å². The van der Waals surface area contributed by atoms with Gasteiger partial charge in [0.1, 0.15) is 0 Å². The number of rotatable bonds is 4. The van der Waals surface area contributed by atoms with Crippen molar-refractivity contribution in [3.63, 3.8) is 0 Å². The highest BCUT2D eigenvalue weighted by atomic mass is 16.2. The van der Waals surface area contributed by atoms with Crippen molar-refractivity contribution < 1.29 is 4.79 Å². The normalized spacial score (nSPS) is 14.6. The van der Waals surface area contributed by atoms with Crippen LogP contribution in [-0.2, 0) is 12.8 Å². The van der Waals surface area contributed by atoms with Gasteiger partial charge in [-0.2, -0.15) is 0 Å². The van der Waals surface area contributed by atoms with Crippen LogP contribution in [0.25, 0.3) is 0 Å². The number of aryl methyl sites for hydroxylation is 3. The molecule has 2 amide bonds. The first kappa shape index (κ1) is 16.6. The molecule has 0 aliphatic heterocycles. The Kier molecular flexibility index (Phi) is 5.19. The molecule has 3 rings (SSSR count). The van der Waals surface area contributed by atoms with E-state index in [1.54, 1.807) is 0 Å². The van der Waals surface area contributed by atoms with Crippen molar-refractivity contribution >= 4 is 11.7 Å². The minimum Gasteiger partial charge on any atom is -0.331 e. The molecule has 0 saturated carbocycles. The predicted molar refractivity (Wildman–Crippen MR) is 99.4 cm³/mol. The van der Waals surface area contributed by atoms with Crippen molar-refractivity contribution in [1.29, 1.82) is 0 Å². The van der Waals surface area contributed by atoms with Crippen molar-refractivity contribution in [3.05, 3.63) is 64.7 Å². The maximum atomic E-state index is 12.3. The number of carbonyl (C=O) groups excluding carboxylic acids is 1. The number of nitrogens with one attached hydrogen (secondary N) is 2. The van der Waals surface area contributed by atoms with Gasteiger partial charge in [-0.3, -0.25) is 0 Å². The van der Waals surface area contributed by atoms with Gasteiger partial charge in [-0.1, -0.05) is 37.3 Å². The summed E-state index contributed by atoms with van der Waals surface area (Å²) in [5, 5.41) is 6.04. The van der Waals surface area contributed by atoms with Crippen LogP contribution in [0, 0.1) is 6.92 Å². The Hall–Kier alpha value is -2.29. The van der Waals surface area contributed by atoms with Crippen molar-refractivity contribution in [3.8, 4) is 0 Å². The lowest BCUT2D eigenvalue weighted by atomic mass is 9.89. The smallest absolute Gasteiger partial charge is 0.319 e. The maximum absolute atomic E-state index is 12.3. The molecule has 126 valence electrons. The molecule has 0 aromatic heterocycles. The fourth-order valence-electron chi connectivity index (χ4n) is 3.44. The highest BCUT2D eigenvalue weighted by Gasteiger charge is 2.16. The molecule has 0 fully saturated rings. The van der Waals surface area contributed by atoms with Crippen LogP contribution < -0.4 is 10.6 Å². The Balaban J connectivity index is 1.69. The zero-order valence-electron chi connectivity index (χ0n) is 14.6. The zero-order chi connectivity index (χ0) is 16.9. The summed E-state index contributed by atoms with van der Waals surface area (Å²) in [6, 6.07) is 14.4. The summed E-state index contributed by atoms with van der Waals surface area (Å²) in [5.41, 5.74) is 6.10. The molecule has 0 radical (unpaired) electrons. The van der Waals surface area contributed by atoms with E-state index in [2.05, 4.69) is 35.8 Å². The number of fused-ring (bicyclic) bond motifs is 1. The number of carbonyl (C=O) groups is 1. The lowest BCUT2D eigenvalue weighted by Gasteiger charge is -2.22. The molecule has 2 N–H and O–H groups in total. The summed E-state index contributed by atoms with van der Waals surface area (Å²) in [5.74, 6) is 0. The summed E-state index contributed by atoms with van der Waals surface area (Å²) in [6.45, 7) is 4.13. The van der Waals surface area contributed by atoms with E-state index in [9.17, 15) is 4.79 Å². The van der Waals surface area contributed by atoms with Gasteiger partial charge in [0.2, 0.25) is 0 Å². The molecule has 0 bridgehead atoms. The van der Waals surface area contributed by atoms with Crippen LogP contribution in [0.2, 0.25) is 0 Å². The average molecular weight is 322 g/mol.